The van der Waals surface area contributed by atoms with E-state index in [9.17, 15) is 13.2 Å². The average molecular weight is 235 g/mol. The van der Waals surface area contributed by atoms with Crippen LogP contribution in [0, 0.1) is 0 Å². The number of aliphatic hydroxyl groups is 1. The maximum atomic E-state index is 11.8. The van der Waals surface area contributed by atoms with E-state index in [1.165, 1.54) is 0 Å². The van der Waals surface area contributed by atoms with Gasteiger partial charge < -0.3 is 9.84 Å². The number of aliphatic hydroxyl groups excluding tert-OH is 1. The predicted octanol–water partition coefficient (Wildman–Crippen LogP) is 2.34. The number of halogens is 4. The number of hydrogen-bond donors (Lipinski definition) is 1. The zero-order valence-corrected chi connectivity index (χ0v) is 8.44. The van der Waals surface area contributed by atoms with Gasteiger partial charge >= 0.3 is 6.18 Å². The summed E-state index contributed by atoms with van der Waals surface area (Å²) >= 11 is 5.45. The molecule has 0 rings (SSSR count). The van der Waals surface area contributed by atoms with Gasteiger partial charge in [-0.05, 0) is 12.8 Å². The molecule has 0 heterocycles. The molecule has 86 valence electrons. The summed E-state index contributed by atoms with van der Waals surface area (Å²) in [6.45, 7) is 0.473. The first kappa shape index (κ1) is 14.0. The van der Waals surface area contributed by atoms with E-state index in [4.69, 9.17) is 21.4 Å². The third kappa shape index (κ3) is 10.1. The van der Waals surface area contributed by atoms with Gasteiger partial charge in [0.1, 0.15) is 0 Å². The Hall–Kier alpha value is -0.0000000000000000555. The van der Waals surface area contributed by atoms with Crippen molar-refractivity contribution in [3.63, 3.8) is 0 Å². The van der Waals surface area contributed by atoms with Crippen molar-refractivity contribution in [2.45, 2.75) is 30.8 Å². The Morgan fingerprint density at radius 1 is 1.29 bits per heavy atom. The first-order chi connectivity index (χ1) is 6.45. The van der Waals surface area contributed by atoms with Crippen LogP contribution in [0.2, 0.25) is 0 Å². The minimum Gasteiger partial charge on any atom is -0.394 e. The number of hydrogen-bond acceptors (Lipinski definition) is 2. The monoisotopic (exact) mass is 234 g/mol. The summed E-state index contributed by atoms with van der Waals surface area (Å²) in [5.41, 5.74) is 0. The van der Waals surface area contributed by atoms with E-state index in [0.717, 1.165) is 0 Å². The lowest BCUT2D eigenvalue weighted by Crippen LogP contribution is -2.15. The van der Waals surface area contributed by atoms with Crippen LogP contribution in [0.3, 0.4) is 0 Å². The van der Waals surface area contributed by atoms with Crippen molar-refractivity contribution < 1.29 is 23.0 Å². The van der Waals surface area contributed by atoms with Crippen LogP contribution in [-0.2, 0) is 4.74 Å². The second-order valence-corrected chi connectivity index (χ2v) is 3.51. The molecule has 0 saturated carbocycles. The molecule has 14 heavy (non-hydrogen) atoms. The van der Waals surface area contributed by atoms with Crippen molar-refractivity contribution >= 4 is 11.6 Å². The Morgan fingerprint density at radius 3 is 2.43 bits per heavy atom. The van der Waals surface area contributed by atoms with Gasteiger partial charge in [0, 0.05) is 12.0 Å². The highest BCUT2D eigenvalue weighted by atomic mass is 35.5. The largest absolute Gasteiger partial charge is 0.394 e. The van der Waals surface area contributed by atoms with Crippen LogP contribution >= 0.6 is 11.6 Å². The highest BCUT2D eigenvalue weighted by Gasteiger charge is 2.30. The third-order valence-electron chi connectivity index (χ3n) is 1.49. The lowest BCUT2D eigenvalue weighted by atomic mass is 10.2. The third-order valence-corrected chi connectivity index (χ3v) is 1.87. The van der Waals surface area contributed by atoms with E-state index >= 15 is 0 Å². The maximum absolute atomic E-state index is 11.8. The molecule has 0 aliphatic rings. The highest BCUT2D eigenvalue weighted by Crippen LogP contribution is 2.26. The van der Waals surface area contributed by atoms with Crippen molar-refractivity contribution in [3.8, 4) is 0 Å². The molecular formula is C8H14ClF3O2. The summed E-state index contributed by atoms with van der Waals surface area (Å²) in [6, 6.07) is 0. The summed E-state index contributed by atoms with van der Waals surface area (Å²) in [5.74, 6) is 0. The molecule has 0 amide bonds. The zero-order valence-electron chi connectivity index (χ0n) is 7.69. The Balaban J connectivity index is 3.31. The van der Waals surface area contributed by atoms with Gasteiger partial charge in [0.15, 0.2) is 0 Å². The Kier molecular flexibility index (Phi) is 7.31. The van der Waals surface area contributed by atoms with Crippen LogP contribution in [0.5, 0.6) is 0 Å². The molecule has 0 aliphatic carbocycles. The molecule has 1 atom stereocenters. The van der Waals surface area contributed by atoms with E-state index in [1.807, 2.05) is 0 Å². The summed E-state index contributed by atoms with van der Waals surface area (Å²) in [5, 5.41) is 7.45. The van der Waals surface area contributed by atoms with E-state index in [2.05, 4.69) is 0 Å². The lowest BCUT2D eigenvalue weighted by molar-refractivity contribution is -0.134. The standard InChI is InChI=1S/C8H14ClF3O2/c9-7(6-8(10,11)12)2-1-4-14-5-3-13/h7,13H,1-6H2. The maximum Gasteiger partial charge on any atom is 0.390 e. The molecule has 2 nitrogen and oxygen atoms in total. The molecular weight excluding hydrogens is 221 g/mol. The number of ether oxygens (including phenoxy) is 1. The summed E-state index contributed by atoms with van der Waals surface area (Å²) in [6.07, 6.45) is -4.41. The van der Waals surface area contributed by atoms with Crippen molar-refractivity contribution in [2.75, 3.05) is 19.8 Å². The quantitative estimate of drug-likeness (QED) is 0.541. The second-order valence-electron chi connectivity index (χ2n) is 2.89. The number of alkyl halides is 4. The van der Waals surface area contributed by atoms with Gasteiger partial charge in [0.2, 0.25) is 0 Å². The minimum atomic E-state index is -4.20. The summed E-state index contributed by atoms with van der Waals surface area (Å²) < 4.78 is 40.2. The predicted molar refractivity (Wildman–Crippen MR) is 47.5 cm³/mol. The molecule has 0 spiro atoms. The van der Waals surface area contributed by atoms with Crippen LogP contribution in [-0.4, -0.2) is 36.5 Å². The minimum absolute atomic E-state index is 0.0765. The molecule has 1 unspecified atom stereocenters. The molecule has 0 bridgehead atoms. The molecule has 0 fully saturated rings. The van der Waals surface area contributed by atoms with Crippen molar-refractivity contribution in [3.05, 3.63) is 0 Å². The molecule has 0 aromatic rings. The van der Waals surface area contributed by atoms with Crippen LogP contribution in [0.1, 0.15) is 19.3 Å². The molecule has 1 N–H and O–H groups in total. The SMILES string of the molecule is OCCOCCCC(Cl)CC(F)(F)F. The van der Waals surface area contributed by atoms with Crippen molar-refractivity contribution in [1.29, 1.82) is 0 Å². The second kappa shape index (κ2) is 7.31. The van der Waals surface area contributed by atoms with Crippen LogP contribution < -0.4 is 0 Å². The van der Waals surface area contributed by atoms with Gasteiger partial charge in [0.25, 0.3) is 0 Å². The van der Waals surface area contributed by atoms with Gasteiger partial charge in [-0.25, -0.2) is 0 Å². The van der Waals surface area contributed by atoms with Crippen LogP contribution in [0.4, 0.5) is 13.2 Å². The Morgan fingerprint density at radius 2 is 1.93 bits per heavy atom. The van der Waals surface area contributed by atoms with Gasteiger partial charge in [-0.1, -0.05) is 0 Å². The van der Waals surface area contributed by atoms with Crippen LogP contribution in [0.25, 0.3) is 0 Å². The normalized spacial score (nSPS) is 14.4. The van der Waals surface area contributed by atoms with Crippen LogP contribution in [0.15, 0.2) is 0 Å². The summed E-state index contributed by atoms with van der Waals surface area (Å²) in [4.78, 5) is 0. The van der Waals surface area contributed by atoms with E-state index < -0.39 is 18.0 Å². The molecule has 0 radical (unpaired) electrons. The Bertz CT molecular complexity index is 141. The fourth-order valence-electron chi connectivity index (χ4n) is 0.927. The van der Waals surface area contributed by atoms with E-state index in [1.54, 1.807) is 0 Å². The van der Waals surface area contributed by atoms with Gasteiger partial charge in [-0.3, -0.25) is 0 Å². The molecule has 0 aromatic heterocycles. The number of rotatable bonds is 7. The van der Waals surface area contributed by atoms with E-state index in [-0.39, 0.29) is 19.6 Å². The van der Waals surface area contributed by atoms with Gasteiger partial charge in [-0.2, -0.15) is 13.2 Å². The lowest BCUT2D eigenvalue weighted by Gasteiger charge is -2.11. The van der Waals surface area contributed by atoms with E-state index in [0.29, 0.717) is 13.0 Å². The first-order valence-electron chi connectivity index (χ1n) is 4.35. The molecule has 0 aliphatic heterocycles. The van der Waals surface area contributed by atoms with Gasteiger partial charge in [0.05, 0.1) is 19.6 Å². The molecule has 0 saturated heterocycles. The first-order valence-corrected chi connectivity index (χ1v) is 4.79. The average Bonchev–Trinajstić information content (AvgIpc) is 2.00. The highest BCUT2D eigenvalue weighted by molar-refractivity contribution is 6.20. The van der Waals surface area contributed by atoms with Crippen molar-refractivity contribution in [1.82, 2.24) is 0 Å². The smallest absolute Gasteiger partial charge is 0.390 e. The Labute approximate surface area is 86.0 Å². The summed E-state index contributed by atoms with van der Waals surface area (Å²) in [7, 11) is 0. The fraction of sp³-hybridized carbons (Fsp3) is 1.00. The van der Waals surface area contributed by atoms with Crippen molar-refractivity contribution in [2.24, 2.45) is 0 Å². The topological polar surface area (TPSA) is 29.5 Å². The zero-order chi connectivity index (χ0) is 11.0. The molecule has 6 heteroatoms. The van der Waals surface area contributed by atoms with Gasteiger partial charge in [-0.15, -0.1) is 11.6 Å². The fourth-order valence-corrected chi connectivity index (χ4v) is 1.26. The molecule has 0 aromatic carbocycles.